The second kappa shape index (κ2) is 32.2. The largest absolute Gasteiger partial charge is 0.300 e. The maximum absolute atomic E-state index is 13.7. The lowest BCUT2D eigenvalue weighted by atomic mass is 9.93. The smallest absolute Gasteiger partial charge is 0.167 e. The quantitative estimate of drug-likeness (QED) is 0.250. The zero-order valence-electron chi connectivity index (χ0n) is 29.6. The molecule has 0 spiro atoms. The number of aryl methyl sites for hydroxylation is 2. The number of ketones is 2. The van der Waals surface area contributed by atoms with Crippen LogP contribution in [0.3, 0.4) is 0 Å². The van der Waals surface area contributed by atoms with Crippen LogP contribution in [0.4, 0.5) is 4.39 Å². The Morgan fingerprint density at radius 1 is 0.732 bits per heavy atom. The Morgan fingerprint density at radius 3 is 1.63 bits per heavy atom. The minimum atomic E-state index is -0.286. The molecule has 0 bridgehead atoms. The lowest BCUT2D eigenvalue weighted by Gasteiger charge is -2.11. The molecule has 3 heteroatoms. The summed E-state index contributed by atoms with van der Waals surface area (Å²) in [6, 6.07) is 10.5. The molecule has 0 N–H and O–H groups in total. The van der Waals surface area contributed by atoms with Crippen LogP contribution < -0.4 is 0 Å². The van der Waals surface area contributed by atoms with Gasteiger partial charge in [0.1, 0.15) is 11.6 Å². The molecule has 0 amide bonds. The van der Waals surface area contributed by atoms with Gasteiger partial charge in [-0.3, -0.25) is 9.59 Å². The van der Waals surface area contributed by atoms with Gasteiger partial charge in [0.2, 0.25) is 0 Å². The lowest BCUT2D eigenvalue weighted by molar-refractivity contribution is -0.116. The molecule has 0 aliphatic carbocycles. The van der Waals surface area contributed by atoms with E-state index in [-0.39, 0.29) is 23.8 Å². The van der Waals surface area contributed by atoms with Gasteiger partial charge < -0.3 is 0 Å². The van der Waals surface area contributed by atoms with Crippen LogP contribution in [-0.4, -0.2) is 11.6 Å². The van der Waals surface area contributed by atoms with Crippen LogP contribution in [0.1, 0.15) is 161 Å². The maximum atomic E-state index is 13.7. The average Bonchev–Trinajstić information content (AvgIpc) is 2.98. The van der Waals surface area contributed by atoms with E-state index in [4.69, 9.17) is 0 Å². The minimum Gasteiger partial charge on any atom is -0.300 e. The monoisotopic (exact) mass is 575 g/mol. The predicted molar refractivity (Wildman–Crippen MR) is 183 cm³/mol. The van der Waals surface area contributed by atoms with Crippen LogP contribution in [0.2, 0.25) is 0 Å². The summed E-state index contributed by atoms with van der Waals surface area (Å²) in [6.07, 6.45) is 8.99. The average molecular weight is 575 g/mol. The predicted octanol–water partition coefficient (Wildman–Crippen LogP) is 12.4. The summed E-state index contributed by atoms with van der Waals surface area (Å²) >= 11 is 0. The van der Waals surface area contributed by atoms with Crippen LogP contribution in [0, 0.1) is 18.7 Å². The molecule has 2 rings (SSSR count). The molecule has 2 nitrogen and oxygen atoms in total. The highest BCUT2D eigenvalue weighted by Gasteiger charge is 2.14. The van der Waals surface area contributed by atoms with Gasteiger partial charge in [-0.05, 0) is 54.5 Å². The van der Waals surface area contributed by atoms with Gasteiger partial charge in [-0.1, -0.05) is 152 Å². The molecule has 0 radical (unpaired) electrons. The van der Waals surface area contributed by atoms with Crippen molar-refractivity contribution in [3.8, 4) is 0 Å². The third kappa shape index (κ3) is 24.1. The number of benzene rings is 2. The summed E-state index contributed by atoms with van der Waals surface area (Å²) in [5.74, 6) is 0.749. The second-order valence-electron chi connectivity index (χ2n) is 9.61. The summed E-state index contributed by atoms with van der Waals surface area (Å²) in [5.41, 5.74) is 3.83. The number of carbonyl (C=O) groups is 2. The van der Waals surface area contributed by atoms with Crippen molar-refractivity contribution < 1.29 is 14.0 Å². The Balaban J connectivity index is -0.000000334. The first-order chi connectivity index (χ1) is 19.6. The second-order valence-corrected chi connectivity index (χ2v) is 9.61. The van der Waals surface area contributed by atoms with E-state index in [1.54, 1.807) is 32.0 Å². The van der Waals surface area contributed by atoms with Crippen molar-refractivity contribution in [2.75, 3.05) is 0 Å². The van der Waals surface area contributed by atoms with Gasteiger partial charge in [-0.25, -0.2) is 4.39 Å². The van der Waals surface area contributed by atoms with Gasteiger partial charge in [0.05, 0.1) is 0 Å². The van der Waals surface area contributed by atoms with Crippen LogP contribution in [0.25, 0.3) is 0 Å². The van der Waals surface area contributed by atoms with Gasteiger partial charge >= 0.3 is 0 Å². The summed E-state index contributed by atoms with van der Waals surface area (Å²) in [6.45, 7) is 28.5. The molecule has 0 saturated carbocycles. The normalized spacial score (nSPS) is 9.83. The van der Waals surface area contributed by atoms with E-state index in [0.29, 0.717) is 23.1 Å². The standard InChI is InChI=1S/C21H23FO2.C7H16.C4H10.3C2H6/c1-4-5-18-11-16(10-15(3)23)8-9-19(18)21(24)13-17-7-6-14(2)20(22)12-17;1-4-6-7(3)5-2;1-3-4-2;3*1-2/h6-9,11-12H,4-5,10,13H2,1-3H3;7H,4-6H2,1-3H3;3-4H2,1-2H3;3*1-2H3. The van der Waals surface area contributed by atoms with Crippen LogP contribution >= 0.6 is 0 Å². The molecule has 2 aromatic rings. The first kappa shape index (κ1) is 45.7. The van der Waals surface area contributed by atoms with Gasteiger partial charge in [-0.2, -0.15) is 0 Å². The van der Waals surface area contributed by atoms with E-state index in [2.05, 4.69) is 41.5 Å². The van der Waals surface area contributed by atoms with Crippen molar-refractivity contribution in [2.24, 2.45) is 5.92 Å². The van der Waals surface area contributed by atoms with Crippen molar-refractivity contribution in [3.63, 3.8) is 0 Å². The molecule has 0 aliphatic rings. The highest BCUT2D eigenvalue weighted by molar-refractivity contribution is 5.99. The molecule has 1 unspecified atom stereocenters. The van der Waals surface area contributed by atoms with Crippen molar-refractivity contribution in [1.29, 1.82) is 0 Å². The van der Waals surface area contributed by atoms with Crippen LogP contribution in [0.5, 0.6) is 0 Å². The van der Waals surface area contributed by atoms with Crippen molar-refractivity contribution in [2.45, 2.75) is 155 Å². The number of rotatable bonds is 11. The van der Waals surface area contributed by atoms with Gasteiger partial charge in [-0.15, -0.1) is 0 Å². The number of halogens is 1. The number of hydrogen-bond donors (Lipinski definition) is 0. The Kier molecular flexibility index (Phi) is 35.9. The zero-order chi connectivity index (χ0) is 32.8. The fourth-order valence-electron chi connectivity index (χ4n) is 3.52. The van der Waals surface area contributed by atoms with Gasteiger partial charge in [0, 0.05) is 18.4 Å². The Labute approximate surface area is 255 Å². The number of hydrogen-bond acceptors (Lipinski definition) is 2. The maximum Gasteiger partial charge on any atom is 0.167 e. The molecule has 0 saturated heterocycles. The van der Waals surface area contributed by atoms with E-state index in [0.717, 1.165) is 29.9 Å². The molecule has 0 aromatic heterocycles. The summed E-state index contributed by atoms with van der Waals surface area (Å²) in [5, 5.41) is 0. The first-order valence-electron chi connectivity index (χ1n) is 16.5. The fraction of sp³-hybridized carbons (Fsp3) is 0.632. The summed E-state index contributed by atoms with van der Waals surface area (Å²) in [4.78, 5) is 23.9. The Morgan fingerprint density at radius 2 is 1.24 bits per heavy atom. The van der Waals surface area contributed by atoms with E-state index < -0.39 is 0 Å². The SMILES string of the molecule is CC.CC.CC.CCCC.CCCC(C)CC.CCCc1cc(CC(C)=O)ccc1C(=O)Cc1ccc(C)c(F)c1. The molecule has 1 atom stereocenters. The van der Waals surface area contributed by atoms with Crippen molar-refractivity contribution in [3.05, 3.63) is 70.0 Å². The number of unbranched alkanes of at least 4 members (excludes halogenated alkanes) is 1. The third-order valence-corrected chi connectivity index (χ3v) is 6.02. The van der Waals surface area contributed by atoms with Crippen molar-refractivity contribution in [1.82, 2.24) is 0 Å². The van der Waals surface area contributed by atoms with Gasteiger partial charge in [0.25, 0.3) is 0 Å². The molecular formula is C38H67FO2. The van der Waals surface area contributed by atoms with Crippen LogP contribution in [-0.2, 0) is 24.1 Å². The number of carbonyl (C=O) groups excluding carboxylic acids is 2. The molecule has 0 fully saturated rings. The topological polar surface area (TPSA) is 34.1 Å². The molecule has 0 aliphatic heterocycles. The van der Waals surface area contributed by atoms with E-state index in [1.807, 2.05) is 53.7 Å². The molecular weight excluding hydrogens is 507 g/mol. The lowest BCUT2D eigenvalue weighted by Crippen LogP contribution is -2.09. The molecule has 2 aromatic carbocycles. The first-order valence-corrected chi connectivity index (χ1v) is 16.5. The van der Waals surface area contributed by atoms with Crippen molar-refractivity contribution >= 4 is 11.6 Å². The molecule has 238 valence electrons. The van der Waals surface area contributed by atoms with Crippen LogP contribution in [0.15, 0.2) is 36.4 Å². The summed E-state index contributed by atoms with van der Waals surface area (Å²) < 4.78 is 13.7. The Hall–Kier alpha value is -2.29. The van der Waals surface area contributed by atoms with E-state index in [1.165, 1.54) is 38.2 Å². The van der Waals surface area contributed by atoms with Gasteiger partial charge in [0.15, 0.2) is 5.78 Å². The van der Waals surface area contributed by atoms with E-state index in [9.17, 15) is 14.0 Å². The van der Waals surface area contributed by atoms with E-state index >= 15 is 0 Å². The summed E-state index contributed by atoms with van der Waals surface area (Å²) in [7, 11) is 0. The Bertz CT molecular complexity index is 884. The minimum absolute atomic E-state index is 0.0175. The molecule has 0 heterocycles. The highest BCUT2D eigenvalue weighted by Crippen LogP contribution is 2.19. The zero-order valence-corrected chi connectivity index (χ0v) is 29.6. The highest BCUT2D eigenvalue weighted by atomic mass is 19.1. The fourth-order valence-corrected chi connectivity index (χ4v) is 3.52. The third-order valence-electron chi connectivity index (χ3n) is 6.02. The number of Topliss-reactive ketones (excluding diaryl/α,β-unsaturated/α-hetero) is 2. The molecule has 41 heavy (non-hydrogen) atoms.